The van der Waals surface area contributed by atoms with Gasteiger partial charge in [-0.3, -0.25) is 4.79 Å². The monoisotopic (exact) mass is 376 g/mol. The van der Waals surface area contributed by atoms with Gasteiger partial charge >= 0.3 is 0 Å². The molecule has 3 N–H and O–H groups in total. The van der Waals surface area contributed by atoms with Gasteiger partial charge in [-0.1, -0.05) is 25.1 Å². The van der Waals surface area contributed by atoms with E-state index in [9.17, 15) is 4.79 Å². The number of rotatable bonds is 5. The number of amides is 1. The van der Waals surface area contributed by atoms with E-state index in [4.69, 9.17) is 5.73 Å². The molecule has 0 aliphatic rings. The Morgan fingerprint density at radius 3 is 2.33 bits per heavy atom. The lowest BCUT2D eigenvalue weighted by Gasteiger charge is -2.12. The smallest absolute Gasteiger partial charge is 0.255 e. The second-order valence-corrected chi connectivity index (χ2v) is 7.85. The Morgan fingerprint density at radius 2 is 1.67 bits per heavy atom. The molecule has 0 radical (unpaired) electrons. The predicted molar refractivity (Wildman–Crippen MR) is 117 cm³/mol. The number of carbonyl (C=O) groups is 1. The van der Waals surface area contributed by atoms with Crippen LogP contribution in [0.4, 0.5) is 11.4 Å². The van der Waals surface area contributed by atoms with E-state index in [1.54, 1.807) is 11.8 Å². The van der Waals surface area contributed by atoms with Crippen LogP contribution in [0.1, 0.15) is 28.4 Å². The van der Waals surface area contributed by atoms with Crippen molar-refractivity contribution in [1.82, 2.24) is 0 Å². The summed E-state index contributed by atoms with van der Waals surface area (Å²) in [7, 11) is 0. The van der Waals surface area contributed by atoms with Crippen LogP contribution in [0.2, 0.25) is 0 Å². The summed E-state index contributed by atoms with van der Waals surface area (Å²) < 4.78 is 0. The van der Waals surface area contributed by atoms with Crippen molar-refractivity contribution in [2.45, 2.75) is 25.7 Å². The highest BCUT2D eigenvalue weighted by Crippen LogP contribution is 2.27. The Bertz CT molecular complexity index is 982. The first-order valence-electron chi connectivity index (χ1n) is 8.99. The summed E-state index contributed by atoms with van der Waals surface area (Å²) in [6.07, 6.45) is 0. The molecule has 1 amide bonds. The molecule has 27 heavy (non-hydrogen) atoms. The fraction of sp³-hybridized carbons (Fsp3) is 0.174. The van der Waals surface area contributed by atoms with Crippen LogP contribution >= 0.6 is 11.8 Å². The summed E-state index contributed by atoms with van der Waals surface area (Å²) in [4.78, 5) is 13.7. The fourth-order valence-corrected chi connectivity index (χ4v) is 3.65. The van der Waals surface area contributed by atoms with Crippen molar-refractivity contribution in [2.24, 2.45) is 0 Å². The summed E-state index contributed by atoms with van der Waals surface area (Å²) in [5.74, 6) is 0.892. The molecule has 0 aromatic heterocycles. The Morgan fingerprint density at radius 1 is 0.963 bits per heavy atom. The van der Waals surface area contributed by atoms with E-state index in [-0.39, 0.29) is 5.91 Å². The number of hydrogen-bond donors (Lipinski definition) is 2. The van der Waals surface area contributed by atoms with Gasteiger partial charge in [0.1, 0.15) is 0 Å². The van der Waals surface area contributed by atoms with Crippen molar-refractivity contribution in [3.8, 4) is 11.1 Å². The van der Waals surface area contributed by atoms with E-state index in [1.807, 2.05) is 62.4 Å². The molecule has 0 saturated carbocycles. The molecule has 4 heteroatoms. The summed E-state index contributed by atoms with van der Waals surface area (Å²) in [5, 5.41) is 3.03. The SMILES string of the molecule is CCSc1cccc(C(=O)Nc2ccc(-c3ccc(N)c(C)c3)cc2C)c1. The van der Waals surface area contributed by atoms with Crippen molar-refractivity contribution < 1.29 is 4.79 Å². The largest absolute Gasteiger partial charge is 0.399 e. The van der Waals surface area contributed by atoms with Gasteiger partial charge in [-0.05, 0) is 84.3 Å². The molecule has 0 saturated heterocycles. The number of hydrogen-bond acceptors (Lipinski definition) is 3. The zero-order valence-electron chi connectivity index (χ0n) is 15.9. The standard InChI is InChI=1S/C23H24N2OS/c1-4-27-20-7-5-6-19(14-20)23(26)25-22-11-9-18(13-16(22)3)17-8-10-21(24)15(2)12-17/h5-14H,4,24H2,1-3H3,(H,25,26). The molecular formula is C23H24N2OS. The molecular weight excluding hydrogens is 352 g/mol. The summed E-state index contributed by atoms with van der Waals surface area (Å²) >= 11 is 1.73. The third-order valence-corrected chi connectivity index (χ3v) is 5.36. The maximum absolute atomic E-state index is 12.6. The number of nitrogens with one attached hydrogen (secondary N) is 1. The van der Waals surface area contributed by atoms with Crippen molar-refractivity contribution in [2.75, 3.05) is 16.8 Å². The molecule has 138 valence electrons. The minimum Gasteiger partial charge on any atom is -0.399 e. The summed E-state index contributed by atoms with van der Waals surface area (Å²) in [6.45, 7) is 6.11. The highest BCUT2D eigenvalue weighted by Gasteiger charge is 2.10. The van der Waals surface area contributed by atoms with Crippen LogP contribution in [0, 0.1) is 13.8 Å². The van der Waals surface area contributed by atoms with E-state index < -0.39 is 0 Å². The summed E-state index contributed by atoms with van der Waals surface area (Å²) in [6, 6.07) is 19.8. The first kappa shape index (κ1) is 19.1. The second-order valence-electron chi connectivity index (χ2n) is 6.52. The van der Waals surface area contributed by atoms with E-state index in [0.717, 1.165) is 44.3 Å². The number of aryl methyl sites for hydroxylation is 2. The molecule has 3 aromatic rings. The Balaban J connectivity index is 1.80. The van der Waals surface area contributed by atoms with E-state index >= 15 is 0 Å². The molecule has 0 aliphatic heterocycles. The third-order valence-electron chi connectivity index (χ3n) is 4.48. The molecule has 0 fully saturated rings. The van der Waals surface area contributed by atoms with Gasteiger partial charge in [0.2, 0.25) is 0 Å². The molecule has 0 spiro atoms. The molecule has 0 aliphatic carbocycles. The van der Waals surface area contributed by atoms with Crippen LogP contribution in [0.15, 0.2) is 65.6 Å². The lowest BCUT2D eigenvalue weighted by atomic mass is 10.00. The number of anilines is 2. The first-order chi connectivity index (χ1) is 13.0. The van der Waals surface area contributed by atoms with Gasteiger partial charge < -0.3 is 11.1 Å². The van der Waals surface area contributed by atoms with Crippen molar-refractivity contribution in [3.05, 3.63) is 77.4 Å². The molecule has 0 bridgehead atoms. The lowest BCUT2D eigenvalue weighted by Crippen LogP contribution is -2.12. The van der Waals surface area contributed by atoms with E-state index in [2.05, 4.69) is 24.4 Å². The number of nitrogens with two attached hydrogens (primary N) is 1. The molecule has 3 rings (SSSR count). The minimum absolute atomic E-state index is 0.0901. The highest BCUT2D eigenvalue weighted by molar-refractivity contribution is 7.99. The number of carbonyl (C=O) groups excluding carboxylic acids is 1. The molecule has 0 heterocycles. The first-order valence-corrected chi connectivity index (χ1v) is 9.98. The van der Waals surface area contributed by atoms with Crippen molar-refractivity contribution in [3.63, 3.8) is 0 Å². The van der Waals surface area contributed by atoms with Gasteiger partial charge in [0.25, 0.3) is 5.91 Å². The predicted octanol–water partition coefficient (Wildman–Crippen LogP) is 5.92. The zero-order chi connectivity index (χ0) is 19.4. The summed E-state index contributed by atoms with van der Waals surface area (Å²) in [5.41, 5.74) is 12.5. The van der Waals surface area contributed by atoms with Gasteiger partial charge in [0.15, 0.2) is 0 Å². The van der Waals surface area contributed by atoms with Crippen LogP contribution in [0.5, 0.6) is 0 Å². The zero-order valence-corrected chi connectivity index (χ0v) is 16.7. The van der Waals surface area contributed by atoms with Gasteiger partial charge in [-0.25, -0.2) is 0 Å². The normalized spacial score (nSPS) is 10.6. The van der Waals surface area contributed by atoms with Crippen molar-refractivity contribution in [1.29, 1.82) is 0 Å². The Hall–Kier alpha value is -2.72. The second kappa shape index (κ2) is 8.31. The Labute approximate surface area is 165 Å². The maximum atomic E-state index is 12.6. The van der Waals surface area contributed by atoms with Crippen LogP contribution in [-0.4, -0.2) is 11.7 Å². The van der Waals surface area contributed by atoms with Crippen LogP contribution < -0.4 is 11.1 Å². The van der Waals surface area contributed by atoms with E-state index in [0.29, 0.717) is 5.56 Å². The van der Waals surface area contributed by atoms with Gasteiger partial charge in [-0.15, -0.1) is 11.8 Å². The van der Waals surface area contributed by atoms with E-state index in [1.165, 1.54) is 0 Å². The van der Waals surface area contributed by atoms with Crippen LogP contribution in [0.3, 0.4) is 0 Å². The van der Waals surface area contributed by atoms with Crippen molar-refractivity contribution >= 4 is 29.0 Å². The molecule has 3 nitrogen and oxygen atoms in total. The molecule has 3 aromatic carbocycles. The highest BCUT2D eigenvalue weighted by atomic mass is 32.2. The quantitative estimate of drug-likeness (QED) is 0.429. The lowest BCUT2D eigenvalue weighted by molar-refractivity contribution is 0.102. The fourth-order valence-electron chi connectivity index (χ4n) is 2.93. The molecule has 0 atom stereocenters. The average Bonchev–Trinajstić information content (AvgIpc) is 2.66. The number of benzene rings is 3. The van der Waals surface area contributed by atoms with Gasteiger partial charge in [-0.2, -0.15) is 0 Å². The maximum Gasteiger partial charge on any atom is 0.255 e. The van der Waals surface area contributed by atoms with Crippen LogP contribution in [-0.2, 0) is 0 Å². The van der Waals surface area contributed by atoms with Crippen LogP contribution in [0.25, 0.3) is 11.1 Å². The minimum atomic E-state index is -0.0901. The third kappa shape index (κ3) is 4.52. The van der Waals surface area contributed by atoms with Gasteiger partial charge in [0.05, 0.1) is 0 Å². The van der Waals surface area contributed by atoms with Gasteiger partial charge in [0, 0.05) is 21.8 Å². The Kier molecular flexibility index (Phi) is 5.87. The number of thioether (sulfide) groups is 1. The average molecular weight is 377 g/mol. The number of nitrogen functional groups attached to an aromatic ring is 1. The molecule has 0 unspecified atom stereocenters. The topological polar surface area (TPSA) is 55.1 Å².